The number of pyridine rings is 1. The van der Waals surface area contributed by atoms with E-state index in [-0.39, 0.29) is 11.5 Å². The quantitative estimate of drug-likeness (QED) is 0.802. The summed E-state index contributed by atoms with van der Waals surface area (Å²) in [5, 5.41) is 9.62. The average Bonchev–Trinajstić information content (AvgIpc) is 2.32. The average molecular weight is 227 g/mol. The number of phenols is 1. The molecule has 0 aliphatic carbocycles. The van der Waals surface area contributed by atoms with Crippen molar-refractivity contribution < 1.29 is 9.90 Å². The van der Waals surface area contributed by atoms with E-state index in [1.807, 2.05) is 13.8 Å². The summed E-state index contributed by atoms with van der Waals surface area (Å²) in [4.78, 5) is 16.3. The smallest absolute Gasteiger partial charge is 0.198 e. The number of ketones is 1. The van der Waals surface area contributed by atoms with Crippen LogP contribution in [0.5, 0.6) is 5.75 Å². The standard InChI is InChI=1S/C14H13NO2/c1-9-7-11(8-15-10(9)2)14(17)12-5-3-4-6-13(12)16/h3-8,16H,1-2H3. The third-order valence-corrected chi connectivity index (χ3v) is 2.75. The number of hydrogen-bond donors (Lipinski definition) is 1. The van der Waals surface area contributed by atoms with Gasteiger partial charge in [-0.25, -0.2) is 0 Å². The Hall–Kier alpha value is -2.16. The van der Waals surface area contributed by atoms with Crippen LogP contribution in [0.2, 0.25) is 0 Å². The van der Waals surface area contributed by atoms with Crippen molar-refractivity contribution in [1.82, 2.24) is 4.98 Å². The largest absolute Gasteiger partial charge is 0.507 e. The van der Waals surface area contributed by atoms with Gasteiger partial charge in [0.25, 0.3) is 0 Å². The predicted octanol–water partition coefficient (Wildman–Crippen LogP) is 2.64. The molecule has 0 fully saturated rings. The lowest BCUT2D eigenvalue weighted by Gasteiger charge is -2.05. The minimum absolute atomic E-state index is 0.00396. The molecule has 0 bridgehead atoms. The van der Waals surface area contributed by atoms with Crippen molar-refractivity contribution in [1.29, 1.82) is 0 Å². The van der Waals surface area contributed by atoms with Gasteiger partial charge in [-0.15, -0.1) is 0 Å². The number of carbonyl (C=O) groups is 1. The van der Waals surface area contributed by atoms with Crippen molar-refractivity contribution >= 4 is 5.78 Å². The first-order valence-corrected chi connectivity index (χ1v) is 5.35. The molecule has 0 unspecified atom stereocenters. The van der Waals surface area contributed by atoms with Crippen LogP contribution in [-0.2, 0) is 0 Å². The van der Waals surface area contributed by atoms with Crippen LogP contribution in [0.3, 0.4) is 0 Å². The number of hydrogen-bond acceptors (Lipinski definition) is 3. The van der Waals surface area contributed by atoms with Gasteiger partial charge in [0.1, 0.15) is 5.75 Å². The predicted molar refractivity (Wildman–Crippen MR) is 65.3 cm³/mol. The second kappa shape index (κ2) is 4.37. The molecule has 0 saturated carbocycles. The Morgan fingerprint density at radius 1 is 1.24 bits per heavy atom. The molecule has 2 aromatic rings. The van der Waals surface area contributed by atoms with Gasteiger partial charge >= 0.3 is 0 Å². The van der Waals surface area contributed by atoms with E-state index in [2.05, 4.69) is 4.98 Å². The van der Waals surface area contributed by atoms with Gasteiger partial charge in [-0.3, -0.25) is 9.78 Å². The summed E-state index contributed by atoms with van der Waals surface area (Å²) in [5.41, 5.74) is 2.66. The van der Waals surface area contributed by atoms with Crippen LogP contribution in [0.25, 0.3) is 0 Å². The lowest BCUT2D eigenvalue weighted by molar-refractivity contribution is 0.103. The number of aromatic nitrogens is 1. The van der Waals surface area contributed by atoms with Gasteiger partial charge < -0.3 is 5.11 Å². The number of phenolic OH excluding ortho intramolecular Hbond substituents is 1. The summed E-state index contributed by atoms with van der Waals surface area (Å²) in [7, 11) is 0. The molecule has 17 heavy (non-hydrogen) atoms. The van der Waals surface area contributed by atoms with Crippen molar-refractivity contribution in [3.8, 4) is 5.75 Å². The molecule has 0 amide bonds. The molecule has 0 spiro atoms. The topological polar surface area (TPSA) is 50.2 Å². The van der Waals surface area contributed by atoms with Crippen molar-refractivity contribution in [2.75, 3.05) is 0 Å². The molecule has 3 nitrogen and oxygen atoms in total. The highest BCUT2D eigenvalue weighted by Gasteiger charge is 2.13. The first kappa shape index (κ1) is 11.3. The fraction of sp³-hybridized carbons (Fsp3) is 0.143. The number of carbonyl (C=O) groups excluding carboxylic acids is 1. The molecule has 1 aromatic carbocycles. The number of nitrogens with zero attached hydrogens (tertiary/aromatic N) is 1. The van der Waals surface area contributed by atoms with E-state index in [9.17, 15) is 9.90 Å². The Bertz CT molecular complexity index is 576. The Morgan fingerprint density at radius 2 is 1.94 bits per heavy atom. The lowest BCUT2D eigenvalue weighted by atomic mass is 10.0. The van der Waals surface area contributed by atoms with Gasteiger partial charge in [-0.2, -0.15) is 0 Å². The van der Waals surface area contributed by atoms with Crippen LogP contribution in [0.1, 0.15) is 27.2 Å². The van der Waals surface area contributed by atoms with E-state index in [0.717, 1.165) is 11.3 Å². The molecule has 0 aliphatic heterocycles. The maximum atomic E-state index is 12.1. The number of rotatable bonds is 2. The number of benzene rings is 1. The van der Waals surface area contributed by atoms with Gasteiger partial charge in [0, 0.05) is 17.5 Å². The van der Waals surface area contributed by atoms with E-state index < -0.39 is 0 Å². The SMILES string of the molecule is Cc1cc(C(=O)c2ccccc2O)cnc1C. The van der Waals surface area contributed by atoms with Crippen LogP contribution in [0.4, 0.5) is 0 Å². The molecule has 2 rings (SSSR count). The third-order valence-electron chi connectivity index (χ3n) is 2.75. The second-order valence-electron chi connectivity index (χ2n) is 3.97. The summed E-state index contributed by atoms with van der Waals surface area (Å²) >= 11 is 0. The van der Waals surface area contributed by atoms with Crippen molar-refractivity contribution in [2.24, 2.45) is 0 Å². The maximum absolute atomic E-state index is 12.1. The maximum Gasteiger partial charge on any atom is 0.198 e. The van der Waals surface area contributed by atoms with Crippen LogP contribution in [0.15, 0.2) is 36.5 Å². The molecule has 0 radical (unpaired) electrons. The zero-order valence-electron chi connectivity index (χ0n) is 9.77. The summed E-state index contributed by atoms with van der Waals surface area (Å²) in [6.45, 7) is 3.80. The van der Waals surface area contributed by atoms with Gasteiger partial charge in [0.2, 0.25) is 0 Å². The van der Waals surface area contributed by atoms with E-state index in [0.29, 0.717) is 11.1 Å². The van der Waals surface area contributed by atoms with Gasteiger partial charge in [0.05, 0.1) is 5.56 Å². The number of aryl methyl sites for hydroxylation is 2. The molecular formula is C14H13NO2. The van der Waals surface area contributed by atoms with E-state index >= 15 is 0 Å². The normalized spacial score (nSPS) is 10.2. The lowest BCUT2D eigenvalue weighted by Crippen LogP contribution is -2.03. The Labute approximate surface area is 99.8 Å². The number of aromatic hydroxyl groups is 1. The molecule has 86 valence electrons. The summed E-state index contributed by atoms with van der Waals surface area (Å²) in [6.07, 6.45) is 1.54. The highest BCUT2D eigenvalue weighted by atomic mass is 16.3. The third kappa shape index (κ3) is 2.18. The van der Waals surface area contributed by atoms with Crippen LogP contribution >= 0.6 is 0 Å². The molecule has 1 aromatic heterocycles. The summed E-state index contributed by atoms with van der Waals surface area (Å²) < 4.78 is 0. The van der Waals surface area contributed by atoms with Crippen LogP contribution in [-0.4, -0.2) is 15.9 Å². The molecule has 0 atom stereocenters. The van der Waals surface area contributed by atoms with Crippen LogP contribution < -0.4 is 0 Å². The highest BCUT2D eigenvalue weighted by Crippen LogP contribution is 2.20. The van der Waals surface area contributed by atoms with Gasteiger partial charge in [0.15, 0.2) is 5.78 Å². The van der Waals surface area contributed by atoms with E-state index in [1.54, 1.807) is 24.3 Å². The van der Waals surface area contributed by atoms with Crippen molar-refractivity contribution in [3.05, 3.63) is 58.9 Å². The molecular weight excluding hydrogens is 214 g/mol. The molecule has 0 aliphatic rings. The zero-order chi connectivity index (χ0) is 12.4. The zero-order valence-corrected chi connectivity index (χ0v) is 9.77. The Balaban J connectivity index is 2.44. The monoisotopic (exact) mass is 227 g/mol. The molecule has 0 saturated heterocycles. The minimum Gasteiger partial charge on any atom is -0.507 e. The first-order chi connectivity index (χ1) is 8.09. The summed E-state index contributed by atoms with van der Waals surface area (Å²) in [6, 6.07) is 8.30. The highest BCUT2D eigenvalue weighted by molar-refractivity contribution is 6.10. The van der Waals surface area contributed by atoms with Crippen molar-refractivity contribution in [2.45, 2.75) is 13.8 Å². The van der Waals surface area contributed by atoms with Gasteiger partial charge in [-0.1, -0.05) is 12.1 Å². The van der Waals surface area contributed by atoms with Gasteiger partial charge in [-0.05, 0) is 37.6 Å². The Kier molecular flexibility index (Phi) is 2.91. The molecule has 1 heterocycles. The van der Waals surface area contributed by atoms with Crippen molar-refractivity contribution in [3.63, 3.8) is 0 Å². The molecule has 1 N–H and O–H groups in total. The van der Waals surface area contributed by atoms with Crippen LogP contribution in [0, 0.1) is 13.8 Å². The molecule has 3 heteroatoms. The second-order valence-corrected chi connectivity index (χ2v) is 3.97. The number of para-hydroxylation sites is 1. The Morgan fingerprint density at radius 3 is 2.59 bits per heavy atom. The minimum atomic E-state index is -0.210. The first-order valence-electron chi connectivity index (χ1n) is 5.35. The fourth-order valence-electron chi connectivity index (χ4n) is 1.59. The van der Waals surface area contributed by atoms with E-state index in [1.165, 1.54) is 12.3 Å². The van der Waals surface area contributed by atoms with E-state index in [4.69, 9.17) is 0 Å². The fourth-order valence-corrected chi connectivity index (χ4v) is 1.59. The summed E-state index contributed by atoms with van der Waals surface area (Å²) in [5.74, 6) is -0.213.